The van der Waals surface area contributed by atoms with E-state index in [-0.39, 0.29) is 25.3 Å². The molecule has 4 heteroatoms. The molecule has 0 aromatic carbocycles. The first-order valence-corrected chi connectivity index (χ1v) is 4.52. The maximum absolute atomic E-state index is 11.2. The summed E-state index contributed by atoms with van der Waals surface area (Å²) in [5.74, 6) is 0. The second-order valence-corrected chi connectivity index (χ2v) is 3.22. The number of hydrogen-bond acceptors (Lipinski definition) is 3. The zero-order valence-corrected chi connectivity index (χ0v) is 8.27. The summed E-state index contributed by atoms with van der Waals surface area (Å²) in [5.41, 5.74) is 1.00. The van der Waals surface area contributed by atoms with Crippen molar-refractivity contribution in [3.63, 3.8) is 0 Å². The van der Waals surface area contributed by atoms with E-state index in [9.17, 15) is 4.79 Å². The Morgan fingerprint density at radius 2 is 2.57 bits per heavy atom. The van der Waals surface area contributed by atoms with Gasteiger partial charge in [0.25, 0.3) is 0 Å². The van der Waals surface area contributed by atoms with E-state index in [1.54, 1.807) is 6.08 Å². The van der Waals surface area contributed by atoms with Crippen LogP contribution in [0.15, 0.2) is 24.3 Å². The molecule has 1 N–H and O–H groups in total. The van der Waals surface area contributed by atoms with Crippen LogP contribution in [0.25, 0.3) is 0 Å². The van der Waals surface area contributed by atoms with Gasteiger partial charge in [0.05, 0.1) is 12.6 Å². The van der Waals surface area contributed by atoms with Crippen LogP contribution in [-0.2, 0) is 4.74 Å². The largest absolute Gasteiger partial charge is 0.447 e. The Bertz CT molecular complexity index is 260. The summed E-state index contributed by atoms with van der Waals surface area (Å²) >= 11 is 0. The number of allylic oxidation sites excluding steroid dienone is 2. The molecule has 1 heterocycles. The minimum absolute atomic E-state index is 0.0628. The van der Waals surface area contributed by atoms with Gasteiger partial charge in [-0.2, -0.15) is 0 Å². The number of rotatable bonds is 4. The van der Waals surface area contributed by atoms with Gasteiger partial charge in [0.1, 0.15) is 6.61 Å². The van der Waals surface area contributed by atoms with Crippen LogP contribution in [0.5, 0.6) is 0 Å². The monoisotopic (exact) mass is 197 g/mol. The topological polar surface area (TPSA) is 49.8 Å². The van der Waals surface area contributed by atoms with Crippen molar-refractivity contribution in [2.45, 2.75) is 13.0 Å². The normalized spacial score (nSPS) is 22.4. The number of carbonyl (C=O) groups is 1. The minimum atomic E-state index is -0.364. The fourth-order valence-electron chi connectivity index (χ4n) is 1.19. The van der Waals surface area contributed by atoms with Crippen molar-refractivity contribution in [1.29, 1.82) is 0 Å². The second kappa shape index (κ2) is 4.81. The number of amides is 1. The summed E-state index contributed by atoms with van der Waals surface area (Å²) in [6.45, 7) is 6.19. The molecule has 78 valence electrons. The summed E-state index contributed by atoms with van der Waals surface area (Å²) < 4.78 is 4.81. The van der Waals surface area contributed by atoms with Gasteiger partial charge in [-0.25, -0.2) is 4.79 Å². The highest BCUT2D eigenvalue weighted by atomic mass is 16.6. The van der Waals surface area contributed by atoms with Crippen molar-refractivity contribution < 1.29 is 14.6 Å². The van der Waals surface area contributed by atoms with Crippen molar-refractivity contribution in [3.05, 3.63) is 24.3 Å². The van der Waals surface area contributed by atoms with Gasteiger partial charge in [-0.1, -0.05) is 24.3 Å². The Labute approximate surface area is 83.5 Å². The molecule has 0 saturated carbocycles. The van der Waals surface area contributed by atoms with E-state index in [2.05, 4.69) is 6.58 Å². The van der Waals surface area contributed by atoms with Crippen LogP contribution in [0.1, 0.15) is 6.92 Å². The Morgan fingerprint density at radius 1 is 1.86 bits per heavy atom. The lowest BCUT2D eigenvalue weighted by atomic mass is 10.2. The lowest BCUT2D eigenvalue weighted by molar-refractivity contribution is 0.158. The molecule has 1 aliphatic rings. The number of hydrogen-bond donors (Lipinski definition) is 1. The summed E-state index contributed by atoms with van der Waals surface area (Å²) in [5, 5.41) is 8.96. The van der Waals surface area contributed by atoms with Gasteiger partial charge in [0, 0.05) is 6.54 Å². The van der Waals surface area contributed by atoms with Crippen molar-refractivity contribution in [2.24, 2.45) is 0 Å². The van der Waals surface area contributed by atoms with Gasteiger partial charge in [-0.05, 0) is 6.92 Å². The zero-order chi connectivity index (χ0) is 10.6. The third kappa shape index (κ3) is 2.35. The fourth-order valence-corrected chi connectivity index (χ4v) is 1.19. The summed E-state index contributed by atoms with van der Waals surface area (Å²) in [6, 6.07) is -0.212. The number of cyclic esters (lactones) is 1. The van der Waals surface area contributed by atoms with Gasteiger partial charge < -0.3 is 9.84 Å². The fraction of sp³-hybridized carbons (Fsp3) is 0.500. The molecule has 1 saturated heterocycles. The van der Waals surface area contributed by atoms with E-state index in [0.29, 0.717) is 6.54 Å². The van der Waals surface area contributed by atoms with Crippen molar-refractivity contribution >= 4 is 6.09 Å². The molecule has 4 nitrogen and oxygen atoms in total. The van der Waals surface area contributed by atoms with Crippen LogP contribution >= 0.6 is 0 Å². The maximum atomic E-state index is 11.2. The smallest absolute Gasteiger partial charge is 0.410 e. The lowest BCUT2D eigenvalue weighted by Gasteiger charge is -2.17. The maximum Gasteiger partial charge on any atom is 0.410 e. The molecular formula is C10H15NO3. The highest BCUT2D eigenvalue weighted by molar-refractivity contribution is 5.70. The van der Waals surface area contributed by atoms with Gasteiger partial charge in [0.2, 0.25) is 0 Å². The Balaban J connectivity index is 2.57. The van der Waals surface area contributed by atoms with E-state index in [1.165, 1.54) is 4.90 Å². The average molecular weight is 197 g/mol. The number of ether oxygens (including phenoxy) is 1. The lowest BCUT2D eigenvalue weighted by Crippen LogP contribution is -2.36. The molecule has 0 aliphatic carbocycles. The molecule has 1 rings (SSSR count). The third-order valence-electron chi connectivity index (χ3n) is 2.22. The molecule has 1 aliphatic heterocycles. The van der Waals surface area contributed by atoms with Crippen molar-refractivity contribution in [2.75, 3.05) is 19.8 Å². The van der Waals surface area contributed by atoms with Gasteiger partial charge in [-0.3, -0.25) is 4.90 Å². The number of carbonyl (C=O) groups excluding carboxylic acids is 1. The average Bonchev–Trinajstić information content (AvgIpc) is 2.55. The molecule has 0 radical (unpaired) electrons. The predicted molar refractivity (Wildman–Crippen MR) is 52.9 cm³/mol. The first-order valence-electron chi connectivity index (χ1n) is 4.52. The molecule has 1 amide bonds. The van der Waals surface area contributed by atoms with Crippen LogP contribution < -0.4 is 0 Å². The van der Waals surface area contributed by atoms with Crippen LogP contribution in [0.4, 0.5) is 4.79 Å². The van der Waals surface area contributed by atoms with Crippen molar-refractivity contribution in [1.82, 2.24) is 4.90 Å². The van der Waals surface area contributed by atoms with E-state index in [1.807, 2.05) is 13.0 Å². The van der Waals surface area contributed by atoms with E-state index in [4.69, 9.17) is 9.84 Å². The highest BCUT2D eigenvalue weighted by Crippen LogP contribution is 2.11. The van der Waals surface area contributed by atoms with Crippen LogP contribution in [0.3, 0.4) is 0 Å². The first kappa shape index (κ1) is 10.8. The van der Waals surface area contributed by atoms with Gasteiger partial charge >= 0.3 is 6.09 Å². The summed E-state index contributed by atoms with van der Waals surface area (Å²) in [7, 11) is 0. The molecule has 1 atom stereocenters. The van der Waals surface area contributed by atoms with E-state index in [0.717, 1.165) is 5.57 Å². The second-order valence-electron chi connectivity index (χ2n) is 3.22. The quantitative estimate of drug-likeness (QED) is 0.682. The Morgan fingerprint density at radius 3 is 3.14 bits per heavy atom. The zero-order valence-electron chi connectivity index (χ0n) is 8.27. The number of nitrogens with zero attached hydrogens (tertiary/aromatic N) is 1. The Kier molecular flexibility index (Phi) is 3.71. The summed E-state index contributed by atoms with van der Waals surface area (Å²) in [4.78, 5) is 12.7. The molecule has 14 heavy (non-hydrogen) atoms. The molecule has 0 unspecified atom stereocenters. The minimum Gasteiger partial charge on any atom is -0.447 e. The van der Waals surface area contributed by atoms with Gasteiger partial charge in [0.15, 0.2) is 0 Å². The summed E-state index contributed by atoms with van der Waals surface area (Å²) in [6.07, 6.45) is 3.23. The van der Waals surface area contributed by atoms with Crippen LogP contribution in [-0.4, -0.2) is 41.9 Å². The molecule has 0 aromatic rings. The molecule has 0 spiro atoms. The SMILES string of the molecule is C=C/C(C)=C\CN1C(=O)OC[C@@H]1CO. The highest BCUT2D eigenvalue weighted by Gasteiger charge is 2.31. The van der Waals surface area contributed by atoms with Crippen LogP contribution in [0.2, 0.25) is 0 Å². The third-order valence-corrected chi connectivity index (χ3v) is 2.22. The van der Waals surface area contributed by atoms with Crippen LogP contribution in [0, 0.1) is 0 Å². The standard InChI is InChI=1S/C10H15NO3/c1-3-8(2)4-5-11-9(6-12)7-14-10(11)13/h3-4,9,12H,1,5-7H2,2H3/b8-4-/t9-/m0/s1. The number of aliphatic hydroxyl groups excluding tert-OH is 1. The van der Waals surface area contributed by atoms with E-state index >= 15 is 0 Å². The van der Waals surface area contributed by atoms with Crippen molar-refractivity contribution in [3.8, 4) is 0 Å². The van der Waals surface area contributed by atoms with E-state index < -0.39 is 0 Å². The molecule has 0 bridgehead atoms. The van der Waals surface area contributed by atoms with Gasteiger partial charge in [-0.15, -0.1) is 0 Å². The molecular weight excluding hydrogens is 182 g/mol. The molecule has 0 aromatic heterocycles. The predicted octanol–water partition coefficient (Wildman–Crippen LogP) is 0.932. The number of aliphatic hydroxyl groups is 1. The Hall–Kier alpha value is -1.29. The molecule has 1 fully saturated rings. The first-order chi connectivity index (χ1) is 6.69.